The number of carbonyl (C=O) groups excluding carboxylic acids is 1. The fourth-order valence-electron chi connectivity index (χ4n) is 4.22. The second-order valence-electron chi connectivity index (χ2n) is 8.22. The molecule has 1 fully saturated rings. The quantitative estimate of drug-likeness (QED) is 0.343. The van der Waals surface area contributed by atoms with Crippen molar-refractivity contribution in [2.24, 2.45) is 4.99 Å². The predicted molar refractivity (Wildman–Crippen MR) is 115 cm³/mol. The lowest BCUT2D eigenvalue weighted by Gasteiger charge is -2.27. The average Bonchev–Trinajstić information content (AvgIpc) is 3.35. The van der Waals surface area contributed by atoms with Crippen LogP contribution in [0.5, 0.6) is 0 Å². The molecule has 0 aromatic carbocycles. The Bertz CT molecular complexity index is 732. The molecule has 0 radical (unpaired) electrons. The van der Waals surface area contributed by atoms with Gasteiger partial charge in [0.15, 0.2) is 11.8 Å². The van der Waals surface area contributed by atoms with Crippen LogP contribution < -0.4 is 10.6 Å². The maximum absolute atomic E-state index is 12.3. The first-order valence-electron chi connectivity index (χ1n) is 10.9. The molecule has 2 aliphatic heterocycles. The van der Waals surface area contributed by atoms with E-state index >= 15 is 0 Å². The molecular weight excluding hydrogens is 384 g/mol. The zero-order valence-electron chi connectivity index (χ0n) is 18.7. The summed E-state index contributed by atoms with van der Waals surface area (Å²) in [5.41, 5.74) is 0. The smallest absolute Gasteiger partial charge is 0.239 e. The van der Waals surface area contributed by atoms with Gasteiger partial charge in [0.05, 0.1) is 12.6 Å². The summed E-state index contributed by atoms with van der Waals surface area (Å²) in [6.07, 6.45) is 4.91. The summed E-state index contributed by atoms with van der Waals surface area (Å²) >= 11 is 0. The van der Waals surface area contributed by atoms with Crippen molar-refractivity contribution in [3.8, 4) is 0 Å². The molecule has 2 unspecified atom stereocenters. The number of aliphatic imine (C=N–C) groups is 1. The zero-order valence-corrected chi connectivity index (χ0v) is 18.7. The van der Waals surface area contributed by atoms with E-state index in [1.807, 2.05) is 18.8 Å². The number of carbonyl (C=O) groups is 1. The number of fused-ring (bicyclic) bond motifs is 1. The molecule has 1 aromatic heterocycles. The highest BCUT2D eigenvalue weighted by atomic mass is 16.5. The summed E-state index contributed by atoms with van der Waals surface area (Å²) < 4.78 is 7.10. The van der Waals surface area contributed by atoms with Crippen molar-refractivity contribution in [2.75, 3.05) is 47.9 Å². The fraction of sp³-hybridized carbons (Fsp3) is 0.800. The number of methoxy groups -OCH3 is 1. The Kier molecular flexibility index (Phi) is 8.03. The molecule has 3 rings (SSSR count). The Morgan fingerprint density at radius 3 is 2.93 bits per heavy atom. The molecule has 3 heterocycles. The van der Waals surface area contributed by atoms with Gasteiger partial charge in [-0.05, 0) is 32.2 Å². The number of aryl methyl sites for hydroxylation is 1. The van der Waals surface area contributed by atoms with Gasteiger partial charge in [-0.3, -0.25) is 14.7 Å². The number of hydrogen-bond donors (Lipinski definition) is 2. The minimum atomic E-state index is 0.0413. The van der Waals surface area contributed by atoms with E-state index in [0.29, 0.717) is 6.61 Å². The molecule has 10 nitrogen and oxygen atoms in total. The standard InChI is InChI=1S/C20H36N8O2/c1-21-20(22-10-6-12-27-11-5-7-16(27)19(29)26(2)3)23-15-8-9-18-24-17(14-30-4)25-28(18)13-15/h15-16H,5-14H2,1-4H3,(H2,21,22,23). The third-order valence-electron chi connectivity index (χ3n) is 5.74. The van der Waals surface area contributed by atoms with Gasteiger partial charge in [-0.1, -0.05) is 0 Å². The van der Waals surface area contributed by atoms with Gasteiger partial charge in [-0.15, -0.1) is 0 Å². The Morgan fingerprint density at radius 1 is 1.37 bits per heavy atom. The van der Waals surface area contributed by atoms with Crippen LogP contribution in [-0.2, 0) is 29.1 Å². The second kappa shape index (κ2) is 10.7. The van der Waals surface area contributed by atoms with E-state index in [9.17, 15) is 4.79 Å². The van der Waals surface area contributed by atoms with Crippen LogP contribution in [0.4, 0.5) is 0 Å². The van der Waals surface area contributed by atoms with E-state index in [4.69, 9.17) is 4.74 Å². The molecule has 2 aliphatic rings. The van der Waals surface area contributed by atoms with E-state index in [1.54, 1.807) is 19.1 Å². The Hall–Kier alpha value is -2.20. The number of aromatic nitrogens is 3. The van der Waals surface area contributed by atoms with Crippen molar-refractivity contribution in [2.45, 2.75) is 57.3 Å². The van der Waals surface area contributed by atoms with Gasteiger partial charge in [0.2, 0.25) is 5.91 Å². The number of likely N-dealkylation sites (N-methyl/N-ethyl adjacent to an activating group) is 1. The van der Waals surface area contributed by atoms with Gasteiger partial charge in [-0.2, -0.15) is 5.10 Å². The molecule has 2 N–H and O–H groups in total. The number of hydrogen-bond acceptors (Lipinski definition) is 6. The summed E-state index contributed by atoms with van der Waals surface area (Å²) in [7, 11) is 7.12. The summed E-state index contributed by atoms with van der Waals surface area (Å²) in [6, 6.07) is 0.307. The van der Waals surface area contributed by atoms with Gasteiger partial charge >= 0.3 is 0 Å². The lowest BCUT2D eigenvalue weighted by molar-refractivity contribution is -0.133. The Balaban J connectivity index is 1.40. The van der Waals surface area contributed by atoms with Crippen LogP contribution in [0.25, 0.3) is 0 Å². The molecule has 30 heavy (non-hydrogen) atoms. The Labute approximate surface area is 179 Å². The minimum absolute atomic E-state index is 0.0413. The number of rotatable bonds is 8. The third-order valence-corrected chi connectivity index (χ3v) is 5.74. The molecular formula is C20H36N8O2. The molecule has 1 saturated heterocycles. The number of guanidine groups is 1. The maximum Gasteiger partial charge on any atom is 0.239 e. The van der Waals surface area contributed by atoms with Gasteiger partial charge in [-0.25, -0.2) is 9.67 Å². The van der Waals surface area contributed by atoms with Gasteiger partial charge in [0, 0.05) is 53.8 Å². The molecule has 1 aromatic rings. The fourth-order valence-corrected chi connectivity index (χ4v) is 4.22. The van der Waals surface area contributed by atoms with E-state index in [-0.39, 0.29) is 18.0 Å². The summed E-state index contributed by atoms with van der Waals surface area (Å²) in [4.78, 5) is 25.2. The predicted octanol–water partition coefficient (Wildman–Crippen LogP) is -0.153. The maximum atomic E-state index is 12.3. The molecule has 2 atom stereocenters. The number of likely N-dealkylation sites (tertiary alicyclic amines) is 1. The first kappa shape index (κ1) is 22.5. The highest BCUT2D eigenvalue weighted by molar-refractivity contribution is 5.81. The lowest BCUT2D eigenvalue weighted by Crippen LogP contribution is -2.48. The summed E-state index contributed by atoms with van der Waals surface area (Å²) in [5, 5.41) is 11.4. The van der Waals surface area contributed by atoms with Gasteiger partial charge in [0.25, 0.3) is 0 Å². The second-order valence-corrected chi connectivity index (χ2v) is 8.22. The normalized spacial score (nSPS) is 22.1. The third kappa shape index (κ3) is 5.69. The van der Waals surface area contributed by atoms with E-state index in [2.05, 4.69) is 30.6 Å². The van der Waals surface area contributed by atoms with Crippen LogP contribution in [0.15, 0.2) is 4.99 Å². The molecule has 0 aliphatic carbocycles. The van der Waals surface area contributed by atoms with Crippen molar-refractivity contribution in [1.29, 1.82) is 0 Å². The summed E-state index contributed by atoms with van der Waals surface area (Å²) in [6.45, 7) is 3.96. The van der Waals surface area contributed by atoms with Gasteiger partial charge in [0.1, 0.15) is 12.4 Å². The van der Waals surface area contributed by atoms with Crippen LogP contribution in [0.1, 0.15) is 37.3 Å². The Morgan fingerprint density at radius 2 is 2.20 bits per heavy atom. The average molecular weight is 421 g/mol. The van der Waals surface area contributed by atoms with Crippen LogP contribution >= 0.6 is 0 Å². The monoisotopic (exact) mass is 420 g/mol. The summed E-state index contributed by atoms with van der Waals surface area (Å²) in [5.74, 6) is 2.79. The van der Waals surface area contributed by atoms with E-state index in [1.165, 1.54) is 0 Å². The lowest BCUT2D eigenvalue weighted by atomic mass is 10.1. The van der Waals surface area contributed by atoms with Crippen molar-refractivity contribution in [1.82, 2.24) is 35.2 Å². The molecule has 10 heteroatoms. The SMILES string of the molecule is CN=C(NCCCN1CCCC1C(=O)N(C)C)NC1CCc2nc(COC)nn2C1. The number of ether oxygens (including phenoxy) is 1. The van der Waals surface area contributed by atoms with Crippen molar-refractivity contribution in [3.63, 3.8) is 0 Å². The number of amides is 1. The number of nitrogens with one attached hydrogen (secondary N) is 2. The zero-order chi connectivity index (χ0) is 21.5. The van der Waals surface area contributed by atoms with Crippen LogP contribution in [0.3, 0.4) is 0 Å². The first-order chi connectivity index (χ1) is 14.5. The van der Waals surface area contributed by atoms with Crippen molar-refractivity contribution in [3.05, 3.63) is 11.6 Å². The largest absolute Gasteiger partial charge is 0.377 e. The van der Waals surface area contributed by atoms with Crippen LogP contribution in [0, 0.1) is 0 Å². The van der Waals surface area contributed by atoms with Crippen LogP contribution in [-0.4, -0.2) is 96.4 Å². The molecule has 0 bridgehead atoms. The highest BCUT2D eigenvalue weighted by Gasteiger charge is 2.31. The topological polar surface area (TPSA) is 99.9 Å². The molecule has 168 valence electrons. The highest BCUT2D eigenvalue weighted by Crippen LogP contribution is 2.18. The first-order valence-corrected chi connectivity index (χ1v) is 10.9. The van der Waals surface area contributed by atoms with Crippen LogP contribution in [0.2, 0.25) is 0 Å². The minimum Gasteiger partial charge on any atom is -0.377 e. The van der Waals surface area contributed by atoms with E-state index < -0.39 is 0 Å². The molecule has 0 saturated carbocycles. The van der Waals surface area contributed by atoms with E-state index in [0.717, 1.165) is 75.9 Å². The number of nitrogens with zero attached hydrogens (tertiary/aromatic N) is 6. The van der Waals surface area contributed by atoms with Crippen molar-refractivity contribution < 1.29 is 9.53 Å². The molecule has 0 spiro atoms. The van der Waals surface area contributed by atoms with Crippen molar-refractivity contribution >= 4 is 11.9 Å². The van der Waals surface area contributed by atoms with Gasteiger partial charge < -0.3 is 20.3 Å². The molecule has 1 amide bonds.